The molecule has 50 heavy (non-hydrogen) atoms. The molecule has 0 N–H and O–H groups in total. The van der Waals surface area contributed by atoms with Crippen molar-refractivity contribution in [1.82, 2.24) is 9.13 Å². The second-order valence-corrected chi connectivity index (χ2v) is 11.8. The third-order valence-corrected chi connectivity index (χ3v) is 9.05. The summed E-state index contributed by atoms with van der Waals surface area (Å²) in [6.45, 7) is 0. The molecule has 242 valence electrons. The minimum absolute atomic E-state index is 0.119. The maximum Gasteiger partial charge on any atom is 0.416 e. The number of rotatable bonds is 3. The van der Waals surface area contributed by atoms with Gasteiger partial charge in [-0.25, -0.2) is 0 Å². The number of aromatic nitrogens is 2. The Morgan fingerprint density at radius 1 is 0.460 bits per heavy atom. The Morgan fingerprint density at radius 3 is 1.36 bits per heavy atom. The van der Waals surface area contributed by atoms with E-state index < -0.39 is 23.5 Å². The fraction of sp³-hybridized carbons (Fsp3) is 0.0500. The van der Waals surface area contributed by atoms with E-state index >= 15 is 0 Å². The van der Waals surface area contributed by atoms with Crippen molar-refractivity contribution in [2.45, 2.75) is 12.4 Å². The van der Waals surface area contributed by atoms with Gasteiger partial charge in [-0.3, -0.25) is 0 Å². The van der Waals surface area contributed by atoms with Crippen molar-refractivity contribution in [3.8, 4) is 34.6 Å². The molecule has 4 nitrogen and oxygen atoms in total. The first-order valence-corrected chi connectivity index (χ1v) is 15.3. The van der Waals surface area contributed by atoms with Crippen molar-refractivity contribution in [2.75, 3.05) is 0 Å². The lowest BCUT2D eigenvalue weighted by molar-refractivity contribution is -0.138. The van der Waals surface area contributed by atoms with E-state index in [1.807, 2.05) is 0 Å². The van der Waals surface area contributed by atoms with Crippen LogP contribution >= 0.6 is 0 Å². The van der Waals surface area contributed by atoms with Crippen molar-refractivity contribution in [1.29, 1.82) is 10.5 Å². The maximum atomic E-state index is 13.9. The molecule has 0 spiro atoms. The number of alkyl halides is 6. The van der Waals surface area contributed by atoms with E-state index in [-0.39, 0.29) is 5.56 Å². The highest BCUT2D eigenvalue weighted by Gasteiger charge is 2.33. The predicted octanol–water partition coefficient (Wildman–Crippen LogP) is 11.3. The molecule has 0 aliphatic carbocycles. The second-order valence-electron chi connectivity index (χ2n) is 11.8. The van der Waals surface area contributed by atoms with Crippen molar-refractivity contribution in [2.24, 2.45) is 0 Å². The molecule has 0 unspecified atom stereocenters. The normalized spacial score (nSPS) is 12.2. The minimum atomic E-state index is -4.59. The predicted molar refractivity (Wildman–Crippen MR) is 180 cm³/mol. The summed E-state index contributed by atoms with van der Waals surface area (Å²) in [5.41, 5.74) is 2.37. The average Bonchev–Trinajstić information content (AvgIpc) is 3.62. The van der Waals surface area contributed by atoms with Gasteiger partial charge in [0, 0.05) is 21.5 Å². The maximum absolute atomic E-state index is 13.9. The van der Waals surface area contributed by atoms with E-state index in [0.29, 0.717) is 71.7 Å². The first-order valence-electron chi connectivity index (χ1n) is 15.3. The summed E-state index contributed by atoms with van der Waals surface area (Å²) >= 11 is 0. The molecule has 10 heteroatoms. The lowest BCUT2D eigenvalue weighted by Crippen LogP contribution is -2.07. The van der Waals surface area contributed by atoms with E-state index in [9.17, 15) is 36.9 Å². The lowest BCUT2D eigenvalue weighted by atomic mass is 9.96. The van der Waals surface area contributed by atoms with Gasteiger partial charge in [-0.1, -0.05) is 54.6 Å². The van der Waals surface area contributed by atoms with E-state index in [1.54, 1.807) is 94.1 Å². The highest BCUT2D eigenvalue weighted by Crippen LogP contribution is 2.43. The molecule has 0 amide bonds. The van der Waals surface area contributed by atoms with Gasteiger partial charge in [0.2, 0.25) is 0 Å². The summed E-state index contributed by atoms with van der Waals surface area (Å²) in [5.74, 6) is 0. The van der Waals surface area contributed by atoms with Crippen LogP contribution in [0.15, 0.2) is 121 Å². The Balaban J connectivity index is 1.55. The zero-order chi connectivity index (χ0) is 34.9. The molecule has 6 aromatic carbocycles. The Hall–Kier alpha value is -6.52. The van der Waals surface area contributed by atoms with Crippen LogP contribution in [0.4, 0.5) is 26.3 Å². The van der Waals surface area contributed by atoms with Crippen molar-refractivity contribution < 1.29 is 26.3 Å². The third-order valence-electron chi connectivity index (χ3n) is 9.05. The van der Waals surface area contributed by atoms with E-state index in [2.05, 4.69) is 12.1 Å². The van der Waals surface area contributed by atoms with Crippen LogP contribution in [0.25, 0.3) is 66.1 Å². The standard InChI is InChI=1S/C40H20F6N4/c41-39(42,43)25-13-15-35-30(19-25)28-9-3-5-11-33(28)49(35)37-17-24(27-8-2-1-7-23(27)21-47)18-38(32(37)22-48)50-34-12-6-4-10-29(34)31-20-26(40(44,45)46)14-16-36(31)50/h1-20H. The molecule has 0 bridgehead atoms. The second kappa shape index (κ2) is 11.0. The summed E-state index contributed by atoms with van der Waals surface area (Å²) in [6.07, 6.45) is -9.18. The Bertz CT molecular complexity index is 2620. The van der Waals surface area contributed by atoms with Gasteiger partial charge in [0.15, 0.2) is 0 Å². The molecular formula is C40H20F6N4. The fourth-order valence-corrected chi connectivity index (χ4v) is 6.88. The minimum Gasteiger partial charge on any atom is -0.308 e. The number of halogens is 6. The van der Waals surface area contributed by atoms with Gasteiger partial charge in [0.05, 0.1) is 56.2 Å². The van der Waals surface area contributed by atoms with Crippen molar-refractivity contribution in [3.63, 3.8) is 0 Å². The monoisotopic (exact) mass is 670 g/mol. The number of benzene rings is 6. The quantitative estimate of drug-likeness (QED) is 0.176. The molecule has 0 radical (unpaired) electrons. The molecule has 0 aliphatic rings. The SMILES string of the molecule is N#Cc1ccccc1-c1cc(-n2c3ccccc3c3cc(C(F)(F)F)ccc32)c(C#N)c(-n2c3ccccc3c3cc(C(F)(F)F)ccc32)c1. The van der Waals surface area contributed by atoms with Gasteiger partial charge in [0.1, 0.15) is 11.6 Å². The van der Waals surface area contributed by atoms with Crippen LogP contribution in [-0.4, -0.2) is 9.13 Å². The van der Waals surface area contributed by atoms with E-state index in [0.717, 1.165) is 24.3 Å². The van der Waals surface area contributed by atoms with Crippen LogP contribution in [0.3, 0.4) is 0 Å². The number of para-hydroxylation sites is 2. The van der Waals surface area contributed by atoms with E-state index in [1.165, 1.54) is 12.1 Å². The molecule has 2 aromatic heterocycles. The molecular weight excluding hydrogens is 650 g/mol. The topological polar surface area (TPSA) is 57.4 Å². The van der Waals surface area contributed by atoms with Crippen LogP contribution in [0.5, 0.6) is 0 Å². The fourth-order valence-electron chi connectivity index (χ4n) is 6.88. The third kappa shape index (κ3) is 4.68. The van der Waals surface area contributed by atoms with E-state index in [4.69, 9.17) is 0 Å². The summed E-state index contributed by atoms with van der Waals surface area (Å²) in [5, 5.41) is 22.7. The van der Waals surface area contributed by atoms with Gasteiger partial charge in [-0.2, -0.15) is 36.9 Å². The Kier molecular flexibility index (Phi) is 6.78. The summed E-state index contributed by atoms with van der Waals surface area (Å²) < 4.78 is 86.8. The summed E-state index contributed by atoms with van der Waals surface area (Å²) in [6, 6.07) is 35.5. The molecule has 0 saturated carbocycles. The van der Waals surface area contributed by atoms with Crippen LogP contribution < -0.4 is 0 Å². The lowest BCUT2D eigenvalue weighted by Gasteiger charge is -2.19. The number of fused-ring (bicyclic) bond motifs is 6. The molecule has 0 saturated heterocycles. The smallest absolute Gasteiger partial charge is 0.308 e. The number of nitrogens with zero attached hydrogens (tertiary/aromatic N) is 4. The summed E-state index contributed by atoms with van der Waals surface area (Å²) in [4.78, 5) is 0. The number of hydrogen-bond acceptors (Lipinski definition) is 2. The highest BCUT2D eigenvalue weighted by atomic mass is 19.4. The molecule has 0 aliphatic heterocycles. The number of nitriles is 2. The van der Waals surface area contributed by atoms with Crippen LogP contribution in [0, 0.1) is 22.7 Å². The zero-order valence-corrected chi connectivity index (χ0v) is 25.6. The van der Waals surface area contributed by atoms with Gasteiger partial charge < -0.3 is 9.13 Å². The Morgan fingerprint density at radius 2 is 0.900 bits per heavy atom. The highest BCUT2D eigenvalue weighted by molar-refractivity contribution is 6.11. The number of hydrogen-bond donors (Lipinski definition) is 0. The average molecular weight is 671 g/mol. The van der Waals surface area contributed by atoms with Crippen LogP contribution in [0.1, 0.15) is 22.3 Å². The first-order chi connectivity index (χ1) is 24.0. The molecule has 8 rings (SSSR count). The van der Waals surface area contributed by atoms with Crippen molar-refractivity contribution in [3.05, 3.63) is 144 Å². The zero-order valence-electron chi connectivity index (χ0n) is 25.6. The van der Waals surface area contributed by atoms with Gasteiger partial charge >= 0.3 is 12.4 Å². The molecule has 8 aromatic rings. The Labute approximate surface area is 279 Å². The van der Waals surface area contributed by atoms with Gasteiger partial charge in [-0.15, -0.1) is 0 Å². The largest absolute Gasteiger partial charge is 0.416 e. The van der Waals surface area contributed by atoms with Gasteiger partial charge in [0.25, 0.3) is 0 Å². The summed E-state index contributed by atoms with van der Waals surface area (Å²) in [7, 11) is 0. The van der Waals surface area contributed by atoms with Crippen LogP contribution in [-0.2, 0) is 12.4 Å². The molecule has 0 atom stereocenters. The van der Waals surface area contributed by atoms with Crippen LogP contribution in [0.2, 0.25) is 0 Å². The molecule has 2 heterocycles. The van der Waals surface area contributed by atoms with Crippen molar-refractivity contribution >= 4 is 43.6 Å². The van der Waals surface area contributed by atoms with Gasteiger partial charge in [-0.05, 0) is 77.9 Å². The first kappa shape index (κ1) is 30.8. The molecule has 0 fully saturated rings.